The van der Waals surface area contributed by atoms with Gasteiger partial charge in [-0.05, 0) is 29.7 Å². The molecule has 1 aromatic carbocycles. The van der Waals surface area contributed by atoms with Crippen molar-refractivity contribution in [3.8, 4) is 5.69 Å². The zero-order valence-corrected chi connectivity index (χ0v) is 15.5. The van der Waals surface area contributed by atoms with Crippen molar-refractivity contribution in [3.63, 3.8) is 0 Å². The van der Waals surface area contributed by atoms with E-state index in [1.54, 1.807) is 18.0 Å². The molecule has 0 saturated heterocycles. The molecule has 3 aromatic heterocycles. The number of fused-ring (bicyclic) bond motifs is 1. The first kappa shape index (κ1) is 16.7. The van der Waals surface area contributed by atoms with Crippen molar-refractivity contribution in [1.82, 2.24) is 25.0 Å². The van der Waals surface area contributed by atoms with Crippen molar-refractivity contribution in [2.45, 2.75) is 30.5 Å². The minimum Gasteiger partial charge on any atom is -0.264 e. The molecule has 0 aliphatic carbocycles. The molecule has 5 nitrogen and oxygen atoms in total. The molecule has 0 aliphatic rings. The van der Waals surface area contributed by atoms with Gasteiger partial charge in [-0.15, -0.1) is 5.10 Å². The normalized spacial score (nSPS) is 11.3. The van der Waals surface area contributed by atoms with Crippen LogP contribution in [0.1, 0.15) is 31.0 Å². The van der Waals surface area contributed by atoms with Crippen molar-refractivity contribution >= 4 is 22.7 Å². The van der Waals surface area contributed by atoms with E-state index in [-0.39, 0.29) is 5.92 Å². The maximum absolute atomic E-state index is 4.64. The van der Waals surface area contributed by atoms with Crippen LogP contribution in [0.3, 0.4) is 0 Å². The second-order valence-electron chi connectivity index (χ2n) is 6.35. The Labute approximate surface area is 156 Å². The molecular formula is C20H19N5S. The fraction of sp³-hybridized carbons (Fsp3) is 0.200. The fourth-order valence-electron chi connectivity index (χ4n) is 2.87. The Morgan fingerprint density at radius 3 is 2.58 bits per heavy atom. The maximum atomic E-state index is 4.64. The van der Waals surface area contributed by atoms with Crippen LogP contribution in [0.15, 0.2) is 66.1 Å². The highest BCUT2D eigenvalue weighted by Gasteiger charge is 2.18. The first-order valence-electron chi connectivity index (χ1n) is 8.55. The average molecular weight is 361 g/mol. The molecule has 0 radical (unpaired) electrons. The van der Waals surface area contributed by atoms with Crippen molar-refractivity contribution < 1.29 is 0 Å². The summed E-state index contributed by atoms with van der Waals surface area (Å²) in [6, 6.07) is 14.2. The van der Waals surface area contributed by atoms with E-state index in [0.717, 1.165) is 38.6 Å². The zero-order valence-electron chi connectivity index (χ0n) is 14.7. The van der Waals surface area contributed by atoms with Gasteiger partial charge in [0.1, 0.15) is 10.5 Å². The molecule has 0 saturated carbocycles. The maximum Gasteiger partial charge on any atom is 0.146 e. The number of aromatic nitrogens is 5. The highest BCUT2D eigenvalue weighted by molar-refractivity contribution is 7.98. The molecule has 0 spiro atoms. The van der Waals surface area contributed by atoms with Gasteiger partial charge in [-0.25, -0.2) is 4.68 Å². The lowest BCUT2D eigenvalue weighted by atomic mass is 10.1. The molecule has 0 unspecified atom stereocenters. The molecule has 130 valence electrons. The first-order chi connectivity index (χ1) is 12.7. The van der Waals surface area contributed by atoms with E-state index in [4.69, 9.17) is 0 Å². The van der Waals surface area contributed by atoms with Crippen LogP contribution >= 0.6 is 11.8 Å². The van der Waals surface area contributed by atoms with Crippen LogP contribution in [-0.4, -0.2) is 25.0 Å². The molecular weight excluding hydrogens is 342 g/mol. The minimum atomic E-state index is 0.288. The Morgan fingerprint density at radius 1 is 1.00 bits per heavy atom. The summed E-state index contributed by atoms with van der Waals surface area (Å²) in [4.78, 5) is 4.18. The van der Waals surface area contributed by atoms with Crippen LogP contribution in [0.5, 0.6) is 0 Å². The number of thioether (sulfide) groups is 1. The average Bonchev–Trinajstić information content (AvgIpc) is 3.13. The molecule has 26 heavy (non-hydrogen) atoms. The van der Waals surface area contributed by atoms with Gasteiger partial charge in [0.2, 0.25) is 0 Å². The standard InChI is InChI=1S/C20H19N5S/c1-14(2)18-17-12-22-25(16-8-4-3-5-9-16)19(17)20(24-23-18)26-13-15-7-6-10-21-11-15/h3-12,14H,13H2,1-2H3. The summed E-state index contributed by atoms with van der Waals surface area (Å²) < 4.78 is 1.96. The summed E-state index contributed by atoms with van der Waals surface area (Å²) in [7, 11) is 0. The molecule has 6 heteroatoms. The quantitative estimate of drug-likeness (QED) is 0.485. The van der Waals surface area contributed by atoms with E-state index in [1.807, 2.05) is 41.3 Å². The van der Waals surface area contributed by atoms with Gasteiger partial charge in [0.15, 0.2) is 0 Å². The second kappa shape index (κ2) is 7.25. The summed E-state index contributed by atoms with van der Waals surface area (Å²) in [6.07, 6.45) is 5.57. The highest BCUT2D eigenvalue weighted by atomic mass is 32.2. The Morgan fingerprint density at radius 2 is 1.85 bits per heavy atom. The summed E-state index contributed by atoms with van der Waals surface area (Å²) in [5.74, 6) is 1.08. The predicted molar refractivity (Wildman–Crippen MR) is 105 cm³/mol. The predicted octanol–water partition coefficient (Wildman–Crippen LogP) is 4.63. The van der Waals surface area contributed by atoms with Crippen LogP contribution in [0.25, 0.3) is 16.6 Å². The van der Waals surface area contributed by atoms with Gasteiger partial charge < -0.3 is 0 Å². The zero-order chi connectivity index (χ0) is 17.9. The molecule has 0 aliphatic heterocycles. The van der Waals surface area contributed by atoms with Gasteiger partial charge in [0.05, 0.1) is 17.6 Å². The minimum absolute atomic E-state index is 0.288. The van der Waals surface area contributed by atoms with Crippen molar-refractivity contribution in [2.24, 2.45) is 0 Å². The number of hydrogen-bond acceptors (Lipinski definition) is 5. The summed E-state index contributed by atoms with van der Waals surface area (Å²) in [6.45, 7) is 4.26. The van der Waals surface area contributed by atoms with Gasteiger partial charge in [-0.2, -0.15) is 10.2 Å². The Hall–Kier alpha value is -2.73. The fourth-order valence-corrected chi connectivity index (χ4v) is 3.77. The van der Waals surface area contributed by atoms with Crippen molar-refractivity contribution in [1.29, 1.82) is 0 Å². The lowest BCUT2D eigenvalue weighted by molar-refractivity contribution is 0.776. The Kier molecular flexibility index (Phi) is 4.67. The van der Waals surface area contributed by atoms with Crippen LogP contribution < -0.4 is 0 Å². The van der Waals surface area contributed by atoms with E-state index in [9.17, 15) is 0 Å². The van der Waals surface area contributed by atoms with Crippen molar-refractivity contribution in [2.75, 3.05) is 0 Å². The Balaban J connectivity index is 1.81. The smallest absolute Gasteiger partial charge is 0.146 e. The number of para-hydroxylation sites is 1. The van der Waals surface area contributed by atoms with Crippen LogP contribution in [-0.2, 0) is 5.75 Å². The van der Waals surface area contributed by atoms with Gasteiger partial charge >= 0.3 is 0 Å². The molecule has 4 rings (SSSR count). The van der Waals surface area contributed by atoms with Gasteiger partial charge in [0, 0.05) is 23.5 Å². The third-order valence-electron chi connectivity index (χ3n) is 4.14. The summed E-state index contributed by atoms with van der Waals surface area (Å²) in [5.41, 5.74) is 4.18. The molecule has 0 bridgehead atoms. The van der Waals surface area contributed by atoms with Gasteiger partial charge in [-0.1, -0.05) is 49.9 Å². The molecule has 0 N–H and O–H groups in total. The largest absolute Gasteiger partial charge is 0.264 e. The number of benzene rings is 1. The number of pyridine rings is 1. The molecule has 0 amide bonds. The number of hydrogen-bond donors (Lipinski definition) is 0. The lowest BCUT2D eigenvalue weighted by Gasteiger charge is -2.10. The van der Waals surface area contributed by atoms with Gasteiger partial charge in [0.25, 0.3) is 0 Å². The lowest BCUT2D eigenvalue weighted by Crippen LogP contribution is -2.02. The monoisotopic (exact) mass is 361 g/mol. The van der Waals surface area contributed by atoms with E-state index in [2.05, 4.69) is 52.3 Å². The SMILES string of the molecule is CC(C)c1nnc(SCc2cccnc2)c2c1cnn2-c1ccccc1. The molecule has 0 atom stereocenters. The Bertz CT molecular complexity index is 1010. The topological polar surface area (TPSA) is 56.5 Å². The molecule has 0 fully saturated rings. The van der Waals surface area contributed by atoms with E-state index >= 15 is 0 Å². The van der Waals surface area contributed by atoms with Crippen LogP contribution in [0.2, 0.25) is 0 Å². The molecule has 4 aromatic rings. The summed E-state index contributed by atoms with van der Waals surface area (Å²) in [5, 5.41) is 15.6. The number of nitrogens with zero attached hydrogens (tertiary/aromatic N) is 5. The second-order valence-corrected chi connectivity index (χ2v) is 7.31. The van der Waals surface area contributed by atoms with Crippen LogP contribution in [0.4, 0.5) is 0 Å². The summed E-state index contributed by atoms with van der Waals surface area (Å²) >= 11 is 1.66. The number of rotatable bonds is 5. The molecule has 3 heterocycles. The highest BCUT2D eigenvalue weighted by Crippen LogP contribution is 2.32. The van der Waals surface area contributed by atoms with Crippen LogP contribution in [0, 0.1) is 0 Å². The third-order valence-corrected chi connectivity index (χ3v) is 5.17. The first-order valence-corrected chi connectivity index (χ1v) is 9.54. The van der Waals surface area contributed by atoms with E-state index in [0.29, 0.717) is 0 Å². The van der Waals surface area contributed by atoms with Crippen molar-refractivity contribution in [3.05, 3.63) is 72.3 Å². The van der Waals surface area contributed by atoms with E-state index < -0.39 is 0 Å². The van der Waals surface area contributed by atoms with Gasteiger partial charge in [-0.3, -0.25) is 4.98 Å². The van der Waals surface area contributed by atoms with E-state index in [1.165, 1.54) is 0 Å². The third kappa shape index (κ3) is 3.20.